The Balaban J connectivity index is 1.55. The molecule has 2 amide bonds. The Morgan fingerprint density at radius 2 is 1.71 bits per heavy atom. The van der Waals surface area contributed by atoms with Crippen molar-refractivity contribution in [1.29, 1.82) is 0 Å². The maximum Gasteiger partial charge on any atom is 0.416 e. The highest BCUT2D eigenvalue weighted by atomic mass is 19.4. The van der Waals surface area contributed by atoms with Gasteiger partial charge in [-0.3, -0.25) is 4.99 Å². The van der Waals surface area contributed by atoms with Crippen LogP contribution in [0.1, 0.15) is 49.7 Å². The van der Waals surface area contributed by atoms with Gasteiger partial charge >= 0.3 is 12.2 Å². The first kappa shape index (κ1) is 21.9. The van der Waals surface area contributed by atoms with Gasteiger partial charge in [-0.25, -0.2) is 4.79 Å². The average Bonchev–Trinajstić information content (AvgIpc) is 3.19. The minimum absolute atomic E-state index is 0.0519. The number of urea groups is 1. The van der Waals surface area contributed by atoms with E-state index in [1.807, 2.05) is 11.8 Å². The second kappa shape index (κ2) is 8.65. The van der Waals surface area contributed by atoms with Gasteiger partial charge < -0.3 is 14.9 Å². The van der Waals surface area contributed by atoms with E-state index in [4.69, 9.17) is 0 Å². The van der Waals surface area contributed by atoms with Crippen LogP contribution >= 0.6 is 0 Å². The Bertz CT molecular complexity index is 871. The molecule has 0 aliphatic carbocycles. The molecule has 3 aliphatic rings. The maximum atomic E-state index is 13.2. The number of likely N-dealkylation sites (tertiary alicyclic amines) is 2. The number of carbonyl (C=O) groups excluding carboxylic acids is 1. The van der Waals surface area contributed by atoms with Gasteiger partial charge in [0.15, 0.2) is 0 Å². The Hall–Kier alpha value is -2.35. The van der Waals surface area contributed by atoms with Gasteiger partial charge in [-0.2, -0.15) is 13.2 Å². The predicted octanol–water partition coefficient (Wildman–Crippen LogP) is 4.44. The van der Waals surface area contributed by atoms with Crippen molar-refractivity contribution in [2.75, 3.05) is 26.2 Å². The number of rotatable bonds is 2. The normalized spacial score (nSPS) is 25.5. The SMILES string of the molecule is CC1=CCC(C2CC(c3ccc(C(F)(F)F)cc3)CN(C(=O)N3CCC(O)CC3)C2)=N1. The summed E-state index contributed by atoms with van der Waals surface area (Å²) < 4.78 is 38.9. The number of piperidine rings is 2. The number of amides is 2. The van der Waals surface area contributed by atoms with Crippen LogP contribution in [-0.2, 0) is 6.18 Å². The number of allylic oxidation sites excluding steroid dienone is 2. The quantitative estimate of drug-likeness (QED) is 0.747. The van der Waals surface area contributed by atoms with E-state index < -0.39 is 11.7 Å². The molecule has 3 aliphatic heterocycles. The molecule has 0 aromatic heterocycles. The van der Waals surface area contributed by atoms with Crippen molar-refractivity contribution in [2.24, 2.45) is 10.9 Å². The highest BCUT2D eigenvalue weighted by Crippen LogP contribution is 2.36. The summed E-state index contributed by atoms with van der Waals surface area (Å²) in [5.41, 5.74) is 2.16. The molecule has 0 spiro atoms. The van der Waals surface area contributed by atoms with Crippen molar-refractivity contribution < 1.29 is 23.1 Å². The number of carbonyl (C=O) groups is 1. The Morgan fingerprint density at radius 3 is 2.29 bits per heavy atom. The molecule has 1 aromatic carbocycles. The molecule has 168 valence electrons. The van der Waals surface area contributed by atoms with Crippen LogP contribution in [0.15, 0.2) is 41.0 Å². The summed E-state index contributed by atoms with van der Waals surface area (Å²) >= 11 is 0. The van der Waals surface area contributed by atoms with E-state index in [1.165, 1.54) is 12.1 Å². The standard InChI is InChI=1S/C23H28F3N3O2/c1-15-2-7-21(27-15)18-12-17(16-3-5-19(6-4-16)23(24,25)26)13-29(14-18)22(31)28-10-8-20(30)9-11-28/h2-6,17-18,20,30H,7-14H2,1H3. The minimum atomic E-state index is -4.36. The monoisotopic (exact) mass is 435 g/mol. The fourth-order valence-corrected chi connectivity index (χ4v) is 4.77. The van der Waals surface area contributed by atoms with E-state index in [-0.39, 0.29) is 24.0 Å². The molecule has 1 aromatic rings. The van der Waals surface area contributed by atoms with E-state index >= 15 is 0 Å². The summed E-state index contributed by atoms with van der Waals surface area (Å²) in [4.78, 5) is 21.5. The zero-order valence-corrected chi connectivity index (χ0v) is 17.6. The van der Waals surface area contributed by atoms with Crippen molar-refractivity contribution in [3.63, 3.8) is 0 Å². The van der Waals surface area contributed by atoms with Crippen LogP contribution in [-0.4, -0.2) is 58.9 Å². The first-order valence-corrected chi connectivity index (χ1v) is 10.8. The van der Waals surface area contributed by atoms with E-state index in [0.29, 0.717) is 39.0 Å². The number of hydrogen-bond donors (Lipinski definition) is 1. The molecule has 2 saturated heterocycles. The van der Waals surface area contributed by atoms with Crippen LogP contribution < -0.4 is 0 Å². The smallest absolute Gasteiger partial charge is 0.393 e. The van der Waals surface area contributed by atoms with E-state index in [0.717, 1.165) is 41.9 Å². The molecule has 4 rings (SSSR count). The van der Waals surface area contributed by atoms with Crippen LogP contribution in [0.3, 0.4) is 0 Å². The van der Waals surface area contributed by atoms with Crippen LogP contribution in [0.4, 0.5) is 18.0 Å². The fourth-order valence-electron chi connectivity index (χ4n) is 4.77. The molecular formula is C23H28F3N3O2. The number of aliphatic imine (C=N–C) groups is 1. The van der Waals surface area contributed by atoms with E-state index in [1.54, 1.807) is 4.90 Å². The van der Waals surface area contributed by atoms with E-state index in [2.05, 4.69) is 11.1 Å². The molecular weight excluding hydrogens is 407 g/mol. The topological polar surface area (TPSA) is 56.1 Å². The molecule has 0 bridgehead atoms. The van der Waals surface area contributed by atoms with Crippen molar-refractivity contribution in [1.82, 2.24) is 9.80 Å². The molecule has 3 heterocycles. The zero-order chi connectivity index (χ0) is 22.2. The fraction of sp³-hybridized carbons (Fsp3) is 0.565. The first-order valence-electron chi connectivity index (χ1n) is 10.8. The van der Waals surface area contributed by atoms with Crippen LogP contribution in [0.5, 0.6) is 0 Å². The van der Waals surface area contributed by atoms with Crippen molar-refractivity contribution in [3.05, 3.63) is 47.2 Å². The summed E-state index contributed by atoms with van der Waals surface area (Å²) in [6, 6.07) is 5.26. The number of alkyl halides is 3. The third-order valence-electron chi connectivity index (χ3n) is 6.56. The summed E-state index contributed by atoms with van der Waals surface area (Å²) in [5, 5.41) is 9.75. The highest BCUT2D eigenvalue weighted by Gasteiger charge is 2.37. The molecule has 31 heavy (non-hydrogen) atoms. The first-order chi connectivity index (χ1) is 14.7. The molecule has 2 fully saturated rings. The lowest BCUT2D eigenvalue weighted by atomic mass is 9.81. The molecule has 0 saturated carbocycles. The van der Waals surface area contributed by atoms with Gasteiger partial charge in [-0.1, -0.05) is 18.2 Å². The Labute approximate surface area is 180 Å². The van der Waals surface area contributed by atoms with Crippen LogP contribution in [0.2, 0.25) is 0 Å². The van der Waals surface area contributed by atoms with Gasteiger partial charge in [0, 0.05) is 55.8 Å². The highest BCUT2D eigenvalue weighted by molar-refractivity contribution is 5.91. The minimum Gasteiger partial charge on any atom is -0.393 e. The molecule has 8 heteroatoms. The molecule has 2 atom stereocenters. The second-order valence-electron chi connectivity index (χ2n) is 8.81. The van der Waals surface area contributed by atoms with Crippen LogP contribution in [0, 0.1) is 5.92 Å². The van der Waals surface area contributed by atoms with Gasteiger partial charge in [-0.05, 0) is 43.9 Å². The van der Waals surface area contributed by atoms with Crippen molar-refractivity contribution in [2.45, 2.75) is 50.8 Å². The van der Waals surface area contributed by atoms with E-state index in [9.17, 15) is 23.1 Å². The van der Waals surface area contributed by atoms with Gasteiger partial charge in [0.05, 0.1) is 11.7 Å². The number of hydrogen-bond acceptors (Lipinski definition) is 3. The predicted molar refractivity (Wildman–Crippen MR) is 112 cm³/mol. The number of halogens is 3. The van der Waals surface area contributed by atoms with Gasteiger partial charge in [0.1, 0.15) is 0 Å². The van der Waals surface area contributed by atoms with Crippen molar-refractivity contribution in [3.8, 4) is 0 Å². The summed E-state index contributed by atoms with van der Waals surface area (Å²) in [5.74, 6) is 0.0260. The lowest BCUT2D eigenvalue weighted by Gasteiger charge is -2.41. The van der Waals surface area contributed by atoms with Gasteiger partial charge in [0.2, 0.25) is 0 Å². The summed E-state index contributed by atoms with van der Waals surface area (Å²) in [7, 11) is 0. The molecule has 2 unspecified atom stereocenters. The lowest BCUT2D eigenvalue weighted by molar-refractivity contribution is -0.137. The molecule has 5 nitrogen and oxygen atoms in total. The third kappa shape index (κ3) is 4.95. The Kier molecular flexibility index (Phi) is 6.10. The maximum absolute atomic E-state index is 13.2. The molecule has 0 radical (unpaired) electrons. The summed E-state index contributed by atoms with van der Waals surface area (Å²) in [6.07, 6.45) is -0.00422. The largest absolute Gasteiger partial charge is 0.416 e. The van der Waals surface area contributed by atoms with Gasteiger partial charge in [0.25, 0.3) is 0 Å². The summed E-state index contributed by atoms with van der Waals surface area (Å²) in [6.45, 7) is 4.03. The zero-order valence-electron chi connectivity index (χ0n) is 17.6. The lowest BCUT2D eigenvalue weighted by Crippen LogP contribution is -2.52. The van der Waals surface area contributed by atoms with Crippen molar-refractivity contribution >= 4 is 11.7 Å². The van der Waals surface area contributed by atoms with Gasteiger partial charge in [-0.15, -0.1) is 0 Å². The average molecular weight is 435 g/mol. The third-order valence-corrected chi connectivity index (χ3v) is 6.56. The number of nitrogens with zero attached hydrogens (tertiary/aromatic N) is 3. The number of aliphatic hydroxyl groups excluding tert-OH is 1. The van der Waals surface area contributed by atoms with Crippen LogP contribution in [0.25, 0.3) is 0 Å². The molecule has 1 N–H and O–H groups in total. The number of aliphatic hydroxyl groups is 1. The Morgan fingerprint density at radius 1 is 1.06 bits per heavy atom. The second-order valence-corrected chi connectivity index (χ2v) is 8.81. The number of benzene rings is 1.